The van der Waals surface area contributed by atoms with Crippen molar-refractivity contribution in [1.29, 1.82) is 0 Å². The van der Waals surface area contributed by atoms with Gasteiger partial charge in [-0.05, 0) is 59.9 Å². The fourth-order valence-corrected chi connectivity index (χ4v) is 4.88. The third-order valence-electron chi connectivity index (χ3n) is 7.21. The van der Waals surface area contributed by atoms with Gasteiger partial charge >= 0.3 is 0 Å². The number of hydrogen-bond donors (Lipinski definition) is 0. The van der Waals surface area contributed by atoms with E-state index < -0.39 is 0 Å². The number of fused-ring (bicyclic) bond motifs is 1. The topological polar surface area (TPSA) is 43.6 Å². The molecule has 164 valence electrons. The number of rotatable bonds is 7. The fourth-order valence-electron chi connectivity index (χ4n) is 4.88. The summed E-state index contributed by atoms with van der Waals surface area (Å²) in [5.41, 5.74) is 6.61. The number of nitrogens with zero attached hydrogens (tertiary/aromatic N) is 4. The summed E-state index contributed by atoms with van der Waals surface area (Å²) in [6, 6.07) is 12.2. The molecule has 0 fully saturated rings. The van der Waals surface area contributed by atoms with Crippen molar-refractivity contribution in [2.75, 3.05) is 0 Å². The molecule has 0 bridgehead atoms. The monoisotopic (exact) mass is 424 g/mol. The Morgan fingerprint density at radius 3 is 2.84 bits per heavy atom. The number of pyridine rings is 1. The number of allylic oxidation sites excluding steroid dienone is 6. The van der Waals surface area contributed by atoms with Gasteiger partial charge in [0.25, 0.3) is 0 Å². The van der Waals surface area contributed by atoms with Crippen LogP contribution in [0.5, 0.6) is 0 Å². The molecule has 0 radical (unpaired) electrons. The molecule has 0 amide bonds. The minimum Gasteiger partial charge on any atom is -0.256 e. The van der Waals surface area contributed by atoms with Crippen LogP contribution in [0.2, 0.25) is 0 Å². The summed E-state index contributed by atoms with van der Waals surface area (Å²) in [7, 11) is 2.19. The third kappa shape index (κ3) is 4.08. The van der Waals surface area contributed by atoms with Crippen molar-refractivity contribution in [2.45, 2.75) is 47.0 Å². The van der Waals surface area contributed by atoms with E-state index in [-0.39, 0.29) is 5.41 Å². The Morgan fingerprint density at radius 2 is 2.06 bits per heavy atom. The Morgan fingerprint density at radius 1 is 1.25 bits per heavy atom. The lowest BCUT2D eigenvalue weighted by molar-refractivity contribution is 0.200. The van der Waals surface area contributed by atoms with E-state index in [9.17, 15) is 0 Å². The van der Waals surface area contributed by atoms with Crippen molar-refractivity contribution in [3.8, 4) is 5.69 Å². The minimum atomic E-state index is 0.0609. The van der Waals surface area contributed by atoms with Gasteiger partial charge in [-0.2, -0.15) is 0 Å². The van der Waals surface area contributed by atoms with Gasteiger partial charge in [0.05, 0.1) is 16.9 Å². The smallest absolute Gasteiger partial charge is 0.138 e. The summed E-state index contributed by atoms with van der Waals surface area (Å²) in [5.74, 6) is 0.937. The predicted octanol–water partition coefficient (Wildman–Crippen LogP) is 5.75. The molecule has 3 unspecified atom stereocenters. The zero-order chi connectivity index (χ0) is 22.7. The summed E-state index contributed by atoms with van der Waals surface area (Å²) in [6.45, 7) is 9.32. The lowest BCUT2D eigenvalue weighted by Crippen LogP contribution is -2.34. The molecule has 4 rings (SSSR count). The molecule has 2 heterocycles. The molecule has 5 heteroatoms. The summed E-state index contributed by atoms with van der Waals surface area (Å²) >= 11 is 0. The van der Waals surface area contributed by atoms with Gasteiger partial charge in [0.1, 0.15) is 13.4 Å². The molecule has 3 atom stereocenters. The molecule has 0 aliphatic heterocycles. The van der Waals surface area contributed by atoms with Gasteiger partial charge in [-0.3, -0.25) is 4.98 Å². The Hall–Kier alpha value is -2.95. The molecule has 0 N–H and O–H groups in total. The Bertz CT molecular complexity index is 1190. The van der Waals surface area contributed by atoms with Crippen molar-refractivity contribution < 1.29 is 0 Å². The molecule has 0 saturated heterocycles. The van der Waals surface area contributed by atoms with Gasteiger partial charge in [-0.25, -0.2) is 4.68 Å². The fraction of sp³-hybridized carbons (Fsp3) is 0.370. The van der Waals surface area contributed by atoms with Crippen LogP contribution >= 0.6 is 0 Å². The Balaban J connectivity index is 1.80. The molecule has 4 nitrogen and oxygen atoms in total. The zero-order valence-electron chi connectivity index (χ0n) is 19.9. The largest absolute Gasteiger partial charge is 0.256 e. The van der Waals surface area contributed by atoms with Crippen molar-refractivity contribution >= 4 is 24.5 Å². The van der Waals surface area contributed by atoms with E-state index in [0.717, 1.165) is 41.7 Å². The molecule has 0 spiro atoms. The summed E-state index contributed by atoms with van der Waals surface area (Å²) < 4.78 is 1.91. The lowest BCUT2D eigenvalue weighted by atomic mass is 9.61. The van der Waals surface area contributed by atoms with Crippen LogP contribution in [0.4, 0.5) is 0 Å². The normalized spacial score (nSPS) is 19.6. The molecule has 1 aromatic carbocycles. The standard InChI is InChI=1S/C27H33BN4/c1-5-7-15-27(4,19(3)6-2)23-13-12-20(28)17-22(23)25-18-21(14-16-29-25)32-26-11-9-8-10-24(26)30-31-32/h7-12,14-19,23H,5-6,13,28H2,1-4H3. The second-order valence-electron chi connectivity index (χ2n) is 9.21. The van der Waals surface area contributed by atoms with Crippen molar-refractivity contribution in [3.63, 3.8) is 0 Å². The predicted molar refractivity (Wildman–Crippen MR) is 136 cm³/mol. The highest BCUT2D eigenvalue weighted by Crippen LogP contribution is 2.49. The zero-order valence-corrected chi connectivity index (χ0v) is 19.9. The van der Waals surface area contributed by atoms with E-state index in [4.69, 9.17) is 4.98 Å². The van der Waals surface area contributed by atoms with Crippen LogP contribution in [0, 0.1) is 17.3 Å². The Kier molecular flexibility index (Phi) is 6.45. The van der Waals surface area contributed by atoms with Crippen LogP contribution in [-0.2, 0) is 0 Å². The molecular weight excluding hydrogens is 391 g/mol. The van der Waals surface area contributed by atoms with Crippen molar-refractivity contribution in [2.24, 2.45) is 17.3 Å². The summed E-state index contributed by atoms with van der Waals surface area (Å²) in [6.07, 6.45) is 14.6. The molecule has 2 aromatic heterocycles. The van der Waals surface area contributed by atoms with Crippen LogP contribution in [0.1, 0.15) is 52.7 Å². The maximum absolute atomic E-state index is 4.84. The number of hydrogen-bond acceptors (Lipinski definition) is 3. The minimum absolute atomic E-state index is 0.0609. The molecule has 3 aromatic rings. The van der Waals surface area contributed by atoms with Gasteiger partial charge in [0.2, 0.25) is 0 Å². The van der Waals surface area contributed by atoms with E-state index in [0.29, 0.717) is 11.8 Å². The first-order valence-corrected chi connectivity index (χ1v) is 11.8. The lowest BCUT2D eigenvalue weighted by Gasteiger charge is -2.42. The highest BCUT2D eigenvalue weighted by molar-refractivity contribution is 6.24. The van der Waals surface area contributed by atoms with Crippen LogP contribution in [0.3, 0.4) is 0 Å². The average molecular weight is 424 g/mol. The number of aromatic nitrogens is 4. The van der Waals surface area contributed by atoms with Gasteiger partial charge in [0, 0.05) is 6.20 Å². The molecule has 1 aliphatic rings. The van der Waals surface area contributed by atoms with E-state index in [1.807, 2.05) is 35.1 Å². The van der Waals surface area contributed by atoms with E-state index in [2.05, 4.69) is 82.3 Å². The molecule has 0 saturated carbocycles. The first-order valence-electron chi connectivity index (χ1n) is 11.8. The second kappa shape index (κ2) is 9.27. The average Bonchev–Trinajstić information content (AvgIpc) is 3.26. The first-order chi connectivity index (χ1) is 15.5. The van der Waals surface area contributed by atoms with Crippen molar-refractivity contribution in [3.05, 3.63) is 78.1 Å². The van der Waals surface area contributed by atoms with Crippen LogP contribution in [-0.4, -0.2) is 27.8 Å². The molecule has 32 heavy (non-hydrogen) atoms. The first kappa shape index (κ1) is 22.3. The van der Waals surface area contributed by atoms with Crippen LogP contribution in [0.15, 0.2) is 72.4 Å². The van der Waals surface area contributed by atoms with E-state index in [1.165, 1.54) is 11.0 Å². The van der Waals surface area contributed by atoms with Crippen LogP contribution < -0.4 is 0 Å². The summed E-state index contributed by atoms with van der Waals surface area (Å²) in [5, 5.41) is 8.74. The highest BCUT2D eigenvalue weighted by Gasteiger charge is 2.39. The van der Waals surface area contributed by atoms with Crippen molar-refractivity contribution in [1.82, 2.24) is 20.0 Å². The number of benzene rings is 1. The second-order valence-corrected chi connectivity index (χ2v) is 9.21. The van der Waals surface area contributed by atoms with Gasteiger partial charge in [-0.15, -0.1) is 5.10 Å². The highest BCUT2D eigenvalue weighted by atomic mass is 15.4. The van der Waals surface area contributed by atoms with Crippen LogP contribution in [0.25, 0.3) is 22.3 Å². The van der Waals surface area contributed by atoms with Gasteiger partial charge < -0.3 is 0 Å². The number of para-hydroxylation sites is 1. The maximum atomic E-state index is 4.84. The summed E-state index contributed by atoms with van der Waals surface area (Å²) in [4.78, 5) is 4.84. The third-order valence-corrected chi connectivity index (χ3v) is 7.21. The quantitative estimate of drug-likeness (QED) is 0.358. The van der Waals surface area contributed by atoms with Gasteiger partial charge in [-0.1, -0.05) is 81.2 Å². The molecule has 1 aliphatic carbocycles. The van der Waals surface area contributed by atoms with E-state index >= 15 is 0 Å². The maximum Gasteiger partial charge on any atom is 0.138 e. The van der Waals surface area contributed by atoms with Gasteiger partial charge in [0.15, 0.2) is 0 Å². The molecular formula is C27H33BN4. The van der Waals surface area contributed by atoms with E-state index in [1.54, 1.807) is 0 Å². The SMILES string of the molecule is BC1=CCC(C(C)(C=CCC)C(C)CC)C(c2cc(-n3nnc4ccccc43)ccn2)=C1. The Labute approximate surface area is 192 Å².